The molecule has 0 aliphatic heterocycles. The van der Waals surface area contributed by atoms with E-state index in [1.54, 1.807) is 0 Å². The third-order valence-electron chi connectivity index (χ3n) is 10.3. The Bertz CT molecular complexity index is 937. The van der Waals surface area contributed by atoms with Gasteiger partial charge in [-0.2, -0.15) is 0 Å². The van der Waals surface area contributed by atoms with Crippen LogP contribution in [0.5, 0.6) is 0 Å². The minimum atomic E-state index is -0.809. The lowest BCUT2D eigenvalue weighted by atomic mass is 9.99. The number of unbranched alkanes of at least 4 members (excludes halogenated alkanes) is 18. The molecule has 0 fully saturated rings. The standard InChI is InChI=1S/C48H86O6/c1-4-44(3)38-34-30-26-22-18-14-10-8-6-7-9-11-16-20-24-28-32-36-40-47(51)53-43-46(42-49)54-48(52)41-37-33-29-25-21-17-13-12-15-19-23-27-31-35-39-45(50)5-2/h13,15,17,19,25,27,29,31,44-46,49-50H,4-12,14,16,18,20-24,26,28,30,32-43H2,1-3H3/b17-13-,19-15-,29-25-,31-27-/t44?,45-,46+/m1/s1. The van der Waals surface area contributed by atoms with Crippen molar-refractivity contribution in [2.45, 2.75) is 226 Å². The highest BCUT2D eigenvalue weighted by atomic mass is 16.6. The minimum absolute atomic E-state index is 0.0952. The normalized spacial score (nSPS) is 13.8. The lowest BCUT2D eigenvalue weighted by Crippen LogP contribution is -2.28. The van der Waals surface area contributed by atoms with Crippen molar-refractivity contribution in [3.05, 3.63) is 48.6 Å². The zero-order chi connectivity index (χ0) is 39.6. The van der Waals surface area contributed by atoms with Gasteiger partial charge in [0.15, 0.2) is 6.10 Å². The SMILES string of the molecule is CCC(C)CCCCCCCCCCCCCCCCCCCCC(=O)OC[C@H](CO)OC(=O)CCC/C=C\C/C=C\C/C=C\C/C=C\CC[C@H](O)CC. The number of rotatable bonds is 40. The van der Waals surface area contributed by atoms with Gasteiger partial charge in [0.2, 0.25) is 0 Å². The second-order valence-electron chi connectivity index (χ2n) is 15.5. The molecule has 314 valence electrons. The number of hydrogen-bond acceptors (Lipinski definition) is 6. The predicted octanol–water partition coefficient (Wildman–Crippen LogP) is 13.4. The van der Waals surface area contributed by atoms with Crippen LogP contribution in [0.3, 0.4) is 0 Å². The molecule has 0 aromatic carbocycles. The van der Waals surface area contributed by atoms with E-state index in [0.717, 1.165) is 70.1 Å². The van der Waals surface area contributed by atoms with Crippen molar-refractivity contribution in [3.8, 4) is 0 Å². The van der Waals surface area contributed by atoms with Gasteiger partial charge in [0.25, 0.3) is 0 Å². The summed E-state index contributed by atoms with van der Waals surface area (Å²) >= 11 is 0. The number of allylic oxidation sites excluding steroid dienone is 8. The summed E-state index contributed by atoms with van der Waals surface area (Å²) in [6, 6.07) is 0. The molecule has 6 nitrogen and oxygen atoms in total. The molecule has 2 N–H and O–H groups in total. The van der Waals surface area contributed by atoms with Gasteiger partial charge in [0.1, 0.15) is 6.61 Å². The molecule has 6 heteroatoms. The predicted molar refractivity (Wildman–Crippen MR) is 230 cm³/mol. The molecule has 0 aromatic rings. The molecule has 54 heavy (non-hydrogen) atoms. The number of esters is 2. The molecule has 0 aliphatic rings. The first-order valence-electron chi connectivity index (χ1n) is 22.7. The molecule has 0 aromatic heterocycles. The van der Waals surface area contributed by atoms with Crippen LogP contribution in [-0.4, -0.2) is 47.6 Å². The van der Waals surface area contributed by atoms with Crippen LogP contribution in [0, 0.1) is 5.92 Å². The van der Waals surface area contributed by atoms with Crippen molar-refractivity contribution in [2.75, 3.05) is 13.2 Å². The second-order valence-corrected chi connectivity index (χ2v) is 15.5. The number of aliphatic hydroxyl groups excluding tert-OH is 2. The summed E-state index contributed by atoms with van der Waals surface area (Å²) < 4.78 is 10.6. The first-order valence-corrected chi connectivity index (χ1v) is 22.7. The van der Waals surface area contributed by atoms with E-state index >= 15 is 0 Å². The Morgan fingerprint density at radius 1 is 0.519 bits per heavy atom. The Hall–Kier alpha value is -2.18. The van der Waals surface area contributed by atoms with Crippen LogP contribution in [-0.2, 0) is 19.1 Å². The highest BCUT2D eigenvalue weighted by Gasteiger charge is 2.16. The maximum absolute atomic E-state index is 12.2. The number of ether oxygens (including phenoxy) is 2. The van der Waals surface area contributed by atoms with E-state index in [9.17, 15) is 19.8 Å². The number of aliphatic hydroxyl groups is 2. The lowest BCUT2D eigenvalue weighted by molar-refractivity contribution is -0.161. The third kappa shape index (κ3) is 39.5. The van der Waals surface area contributed by atoms with Crippen LogP contribution in [0.2, 0.25) is 0 Å². The first-order chi connectivity index (χ1) is 26.4. The summed E-state index contributed by atoms with van der Waals surface area (Å²) in [5, 5.41) is 19.1. The van der Waals surface area contributed by atoms with Crippen molar-refractivity contribution >= 4 is 11.9 Å². The first kappa shape index (κ1) is 51.8. The molecule has 0 saturated heterocycles. The quantitative estimate of drug-likeness (QED) is 0.0367. The fourth-order valence-electron chi connectivity index (χ4n) is 6.33. The fourth-order valence-corrected chi connectivity index (χ4v) is 6.33. The fraction of sp³-hybridized carbons (Fsp3) is 0.792. The molecule has 0 amide bonds. The Morgan fingerprint density at radius 3 is 1.41 bits per heavy atom. The molecular weight excluding hydrogens is 673 g/mol. The third-order valence-corrected chi connectivity index (χ3v) is 10.3. The van der Waals surface area contributed by atoms with Crippen LogP contribution >= 0.6 is 0 Å². The van der Waals surface area contributed by atoms with E-state index in [0.29, 0.717) is 12.8 Å². The smallest absolute Gasteiger partial charge is 0.306 e. The van der Waals surface area contributed by atoms with Crippen LogP contribution < -0.4 is 0 Å². The van der Waals surface area contributed by atoms with Gasteiger partial charge in [0.05, 0.1) is 12.7 Å². The average Bonchev–Trinajstić information content (AvgIpc) is 3.18. The van der Waals surface area contributed by atoms with Crippen molar-refractivity contribution in [1.29, 1.82) is 0 Å². The van der Waals surface area contributed by atoms with Gasteiger partial charge in [0, 0.05) is 12.8 Å². The van der Waals surface area contributed by atoms with E-state index < -0.39 is 6.10 Å². The van der Waals surface area contributed by atoms with E-state index in [1.165, 1.54) is 109 Å². The number of carbonyl (C=O) groups is 2. The molecule has 0 aliphatic carbocycles. The van der Waals surface area contributed by atoms with Gasteiger partial charge in [-0.3, -0.25) is 9.59 Å². The van der Waals surface area contributed by atoms with Crippen molar-refractivity contribution < 1.29 is 29.3 Å². The Kier molecular flexibility index (Phi) is 40.3. The Morgan fingerprint density at radius 2 is 0.944 bits per heavy atom. The van der Waals surface area contributed by atoms with Crippen molar-refractivity contribution in [2.24, 2.45) is 5.92 Å². The van der Waals surface area contributed by atoms with E-state index in [2.05, 4.69) is 62.5 Å². The van der Waals surface area contributed by atoms with Crippen LogP contribution in [0.25, 0.3) is 0 Å². The molecule has 1 unspecified atom stereocenters. The molecular formula is C48H86O6. The highest BCUT2D eigenvalue weighted by Crippen LogP contribution is 2.17. The second kappa shape index (κ2) is 42.0. The number of hydrogen-bond donors (Lipinski definition) is 2. The summed E-state index contributed by atoms with van der Waals surface area (Å²) in [4.78, 5) is 24.3. The van der Waals surface area contributed by atoms with Gasteiger partial charge in [-0.25, -0.2) is 0 Å². The molecule has 0 rings (SSSR count). The Labute approximate surface area is 333 Å². The van der Waals surface area contributed by atoms with E-state index in [-0.39, 0.29) is 37.7 Å². The zero-order valence-corrected chi connectivity index (χ0v) is 35.5. The summed E-state index contributed by atoms with van der Waals surface area (Å²) in [5.74, 6) is 0.241. The van der Waals surface area contributed by atoms with Crippen molar-refractivity contribution in [3.63, 3.8) is 0 Å². The summed E-state index contributed by atoms with van der Waals surface area (Å²) in [5.41, 5.74) is 0. The largest absolute Gasteiger partial charge is 0.462 e. The molecule has 0 saturated carbocycles. The van der Waals surface area contributed by atoms with Gasteiger partial charge in [-0.1, -0.05) is 191 Å². The maximum atomic E-state index is 12.2. The van der Waals surface area contributed by atoms with Gasteiger partial charge < -0.3 is 19.7 Å². The summed E-state index contributed by atoms with van der Waals surface area (Å²) in [7, 11) is 0. The summed E-state index contributed by atoms with van der Waals surface area (Å²) in [6.45, 7) is 6.23. The maximum Gasteiger partial charge on any atom is 0.306 e. The monoisotopic (exact) mass is 759 g/mol. The van der Waals surface area contributed by atoms with Gasteiger partial charge in [-0.15, -0.1) is 0 Å². The van der Waals surface area contributed by atoms with Crippen LogP contribution in [0.15, 0.2) is 48.6 Å². The molecule has 0 radical (unpaired) electrons. The highest BCUT2D eigenvalue weighted by molar-refractivity contribution is 5.70. The topological polar surface area (TPSA) is 93.1 Å². The number of carbonyl (C=O) groups excluding carboxylic acids is 2. The molecule has 3 atom stereocenters. The summed E-state index contributed by atoms with van der Waals surface area (Å²) in [6.07, 6.45) is 49.8. The van der Waals surface area contributed by atoms with Crippen LogP contribution in [0.4, 0.5) is 0 Å². The van der Waals surface area contributed by atoms with E-state index in [4.69, 9.17) is 9.47 Å². The average molecular weight is 759 g/mol. The van der Waals surface area contributed by atoms with Gasteiger partial charge >= 0.3 is 11.9 Å². The Balaban J connectivity index is 3.59. The van der Waals surface area contributed by atoms with Crippen molar-refractivity contribution in [1.82, 2.24) is 0 Å². The molecule has 0 bridgehead atoms. The minimum Gasteiger partial charge on any atom is -0.462 e. The van der Waals surface area contributed by atoms with Gasteiger partial charge in [-0.05, 0) is 63.7 Å². The molecule has 0 spiro atoms. The lowest BCUT2D eigenvalue weighted by Gasteiger charge is -2.15. The van der Waals surface area contributed by atoms with E-state index in [1.807, 2.05) is 6.92 Å². The zero-order valence-electron chi connectivity index (χ0n) is 35.5. The molecule has 0 heterocycles. The van der Waals surface area contributed by atoms with Crippen LogP contribution in [0.1, 0.15) is 213 Å².